The van der Waals surface area contributed by atoms with Crippen molar-refractivity contribution in [2.24, 2.45) is 0 Å². The van der Waals surface area contributed by atoms with Crippen molar-refractivity contribution >= 4 is 27.2 Å². The van der Waals surface area contributed by atoms with Crippen LogP contribution in [0.2, 0.25) is 0 Å². The molecule has 0 aliphatic carbocycles. The molecule has 0 heterocycles. The van der Waals surface area contributed by atoms with E-state index in [2.05, 4.69) is 67.6 Å². The van der Waals surface area contributed by atoms with Crippen LogP contribution >= 0.6 is 0 Å². The summed E-state index contributed by atoms with van der Waals surface area (Å²) >= 11 is 0. The zero-order chi connectivity index (χ0) is 15.1. The van der Waals surface area contributed by atoms with Crippen molar-refractivity contribution in [3.63, 3.8) is 0 Å². The molecule has 0 radical (unpaired) electrons. The van der Waals surface area contributed by atoms with Gasteiger partial charge in [-0.2, -0.15) is 0 Å². The van der Waals surface area contributed by atoms with E-state index in [1.165, 1.54) is 38.2 Å². The van der Waals surface area contributed by atoms with E-state index in [4.69, 9.17) is 5.73 Å². The number of nitrogen functional groups attached to an aromatic ring is 1. The van der Waals surface area contributed by atoms with E-state index < -0.39 is 0 Å². The number of hydrogen-bond acceptors (Lipinski definition) is 1. The molecule has 0 spiro atoms. The van der Waals surface area contributed by atoms with Gasteiger partial charge < -0.3 is 5.73 Å². The highest BCUT2D eigenvalue weighted by Crippen LogP contribution is 2.33. The van der Waals surface area contributed by atoms with Crippen LogP contribution in [0.5, 0.6) is 0 Å². The Morgan fingerprint density at radius 1 is 0.636 bits per heavy atom. The van der Waals surface area contributed by atoms with Gasteiger partial charge >= 0.3 is 0 Å². The number of fused-ring (bicyclic) bond motifs is 2. The minimum Gasteiger partial charge on any atom is -0.399 e. The molecule has 22 heavy (non-hydrogen) atoms. The Bertz CT molecular complexity index is 994. The third-order valence-electron chi connectivity index (χ3n) is 4.29. The van der Waals surface area contributed by atoms with Crippen molar-refractivity contribution in [2.45, 2.75) is 6.92 Å². The lowest BCUT2D eigenvalue weighted by Gasteiger charge is -2.12. The summed E-state index contributed by atoms with van der Waals surface area (Å²) in [5, 5.41) is 4.99. The van der Waals surface area contributed by atoms with Gasteiger partial charge in [-0.3, -0.25) is 0 Å². The zero-order valence-corrected chi connectivity index (χ0v) is 12.5. The van der Waals surface area contributed by atoms with Crippen LogP contribution in [0.1, 0.15) is 5.56 Å². The van der Waals surface area contributed by atoms with Gasteiger partial charge in [-0.25, -0.2) is 0 Å². The van der Waals surface area contributed by atoms with Crippen molar-refractivity contribution in [2.75, 3.05) is 5.73 Å². The molecule has 0 amide bonds. The molecule has 0 saturated carbocycles. The lowest BCUT2D eigenvalue weighted by molar-refractivity contribution is 1.49. The molecule has 0 bridgehead atoms. The summed E-state index contributed by atoms with van der Waals surface area (Å²) in [5.74, 6) is 0. The molecule has 0 atom stereocenters. The van der Waals surface area contributed by atoms with E-state index in [9.17, 15) is 0 Å². The summed E-state index contributed by atoms with van der Waals surface area (Å²) in [6.45, 7) is 2.17. The largest absolute Gasteiger partial charge is 0.399 e. The predicted octanol–water partition coefficient (Wildman–Crippen LogP) is 5.55. The summed E-state index contributed by atoms with van der Waals surface area (Å²) in [6, 6.07) is 25.6. The van der Waals surface area contributed by atoms with Gasteiger partial charge in [0.25, 0.3) is 0 Å². The van der Waals surface area contributed by atoms with Crippen LogP contribution in [0.4, 0.5) is 5.69 Å². The Hall–Kier alpha value is -2.80. The van der Waals surface area contributed by atoms with Crippen LogP contribution in [-0.2, 0) is 0 Å². The number of anilines is 1. The predicted molar refractivity (Wildman–Crippen MR) is 96.0 cm³/mol. The Morgan fingerprint density at radius 2 is 1.45 bits per heavy atom. The number of rotatable bonds is 1. The van der Waals surface area contributed by atoms with Crippen molar-refractivity contribution < 1.29 is 0 Å². The topological polar surface area (TPSA) is 26.0 Å². The first kappa shape index (κ1) is 12.9. The van der Waals surface area contributed by atoms with E-state index >= 15 is 0 Å². The second-order valence-electron chi connectivity index (χ2n) is 5.80. The number of hydrogen-bond donors (Lipinski definition) is 1. The average Bonchev–Trinajstić information content (AvgIpc) is 2.54. The van der Waals surface area contributed by atoms with Gasteiger partial charge in [-0.15, -0.1) is 0 Å². The molecular formula is C21H17N. The summed E-state index contributed by atoms with van der Waals surface area (Å²) < 4.78 is 0. The van der Waals surface area contributed by atoms with Crippen LogP contribution < -0.4 is 5.73 Å². The lowest BCUT2D eigenvalue weighted by atomic mass is 9.92. The molecule has 4 rings (SSSR count). The first-order valence-electron chi connectivity index (χ1n) is 7.50. The quantitative estimate of drug-likeness (QED) is 0.455. The Kier molecular flexibility index (Phi) is 2.87. The van der Waals surface area contributed by atoms with Gasteiger partial charge in [0.05, 0.1) is 0 Å². The van der Waals surface area contributed by atoms with Gasteiger partial charge in [0.2, 0.25) is 0 Å². The molecule has 4 aromatic carbocycles. The maximum Gasteiger partial charge on any atom is 0.0320 e. The highest BCUT2D eigenvalue weighted by atomic mass is 14.5. The molecule has 0 unspecified atom stereocenters. The lowest BCUT2D eigenvalue weighted by Crippen LogP contribution is -1.88. The van der Waals surface area contributed by atoms with E-state index in [0.717, 1.165) is 5.69 Å². The number of nitrogens with two attached hydrogens (primary N) is 1. The highest BCUT2D eigenvalue weighted by molar-refractivity contribution is 6.00. The van der Waals surface area contributed by atoms with Gasteiger partial charge in [0.1, 0.15) is 0 Å². The number of benzene rings is 4. The van der Waals surface area contributed by atoms with Gasteiger partial charge in [-0.1, -0.05) is 54.6 Å². The second-order valence-corrected chi connectivity index (χ2v) is 5.80. The van der Waals surface area contributed by atoms with E-state index in [1.54, 1.807) is 0 Å². The van der Waals surface area contributed by atoms with Gasteiger partial charge in [0.15, 0.2) is 0 Å². The zero-order valence-electron chi connectivity index (χ0n) is 12.5. The van der Waals surface area contributed by atoms with Crippen LogP contribution in [0.3, 0.4) is 0 Å². The van der Waals surface area contributed by atoms with Crippen molar-refractivity contribution in [1.29, 1.82) is 0 Å². The smallest absolute Gasteiger partial charge is 0.0320 e. The summed E-state index contributed by atoms with van der Waals surface area (Å²) in [7, 11) is 0. The fraction of sp³-hybridized carbons (Fsp3) is 0.0476. The van der Waals surface area contributed by atoms with Crippen LogP contribution in [0, 0.1) is 6.92 Å². The van der Waals surface area contributed by atoms with E-state index in [0.29, 0.717) is 0 Å². The van der Waals surface area contributed by atoms with Crippen molar-refractivity contribution in [3.05, 3.63) is 78.4 Å². The minimum atomic E-state index is 0.810. The maximum atomic E-state index is 5.90. The molecule has 1 heteroatoms. The Morgan fingerprint density at radius 3 is 2.36 bits per heavy atom. The van der Waals surface area contributed by atoms with E-state index in [-0.39, 0.29) is 0 Å². The molecule has 0 saturated heterocycles. The first-order chi connectivity index (χ1) is 10.7. The first-order valence-corrected chi connectivity index (χ1v) is 7.50. The standard InChI is InChI=1S/C21H17N/c1-14-11-17-12-18(22)10-9-16(17)13-21(14)20-8-4-6-15-5-2-3-7-19(15)20/h2-13H,22H2,1H3. The SMILES string of the molecule is Cc1cc2cc(N)ccc2cc1-c1cccc2ccccc12. The fourth-order valence-electron chi connectivity index (χ4n) is 3.18. The van der Waals surface area contributed by atoms with Crippen LogP contribution in [0.25, 0.3) is 32.7 Å². The number of aryl methyl sites for hydroxylation is 1. The monoisotopic (exact) mass is 283 g/mol. The highest BCUT2D eigenvalue weighted by Gasteiger charge is 2.08. The van der Waals surface area contributed by atoms with Crippen molar-refractivity contribution in [1.82, 2.24) is 0 Å². The summed E-state index contributed by atoms with van der Waals surface area (Å²) in [4.78, 5) is 0. The van der Waals surface area contributed by atoms with Crippen molar-refractivity contribution in [3.8, 4) is 11.1 Å². The minimum absolute atomic E-state index is 0.810. The molecule has 4 aromatic rings. The third-order valence-corrected chi connectivity index (χ3v) is 4.29. The summed E-state index contributed by atoms with van der Waals surface area (Å²) in [5.41, 5.74) is 10.6. The van der Waals surface area contributed by atoms with Crippen LogP contribution in [-0.4, -0.2) is 0 Å². The normalized spacial score (nSPS) is 11.1. The fourth-order valence-corrected chi connectivity index (χ4v) is 3.18. The molecule has 0 aliphatic heterocycles. The molecule has 0 aromatic heterocycles. The molecule has 0 aliphatic rings. The molecule has 106 valence electrons. The van der Waals surface area contributed by atoms with Gasteiger partial charge in [-0.05, 0) is 63.4 Å². The Balaban J connectivity index is 2.04. The Labute approximate surface area is 130 Å². The molecular weight excluding hydrogens is 266 g/mol. The average molecular weight is 283 g/mol. The molecule has 0 fully saturated rings. The van der Waals surface area contributed by atoms with Crippen LogP contribution in [0.15, 0.2) is 72.8 Å². The third kappa shape index (κ3) is 2.03. The molecule has 1 nitrogen and oxygen atoms in total. The molecule has 2 N–H and O–H groups in total. The summed E-state index contributed by atoms with van der Waals surface area (Å²) in [6.07, 6.45) is 0. The van der Waals surface area contributed by atoms with Gasteiger partial charge in [0, 0.05) is 5.69 Å². The second kappa shape index (κ2) is 4.88. The van der Waals surface area contributed by atoms with E-state index in [1.807, 2.05) is 12.1 Å². The maximum absolute atomic E-state index is 5.90.